The molecule has 0 saturated carbocycles. The van der Waals surface area contributed by atoms with Crippen molar-refractivity contribution in [2.24, 2.45) is 5.41 Å². The van der Waals surface area contributed by atoms with E-state index in [4.69, 9.17) is 14.2 Å². The molecule has 2 aromatic rings. The summed E-state index contributed by atoms with van der Waals surface area (Å²) in [5.41, 5.74) is -0.826. The van der Waals surface area contributed by atoms with Crippen LogP contribution in [0.4, 0.5) is 0 Å². The zero-order valence-corrected chi connectivity index (χ0v) is 14.2. The fraction of sp³-hybridized carbons (Fsp3) is 0.286. The summed E-state index contributed by atoms with van der Waals surface area (Å²) in [5.74, 6) is -0.133. The van der Waals surface area contributed by atoms with E-state index in [0.717, 1.165) is 10.8 Å². The average Bonchev–Trinajstić information content (AvgIpc) is 3.12. The van der Waals surface area contributed by atoms with Gasteiger partial charge in [-0.3, -0.25) is 4.79 Å². The Kier molecular flexibility index (Phi) is 3.04. The minimum atomic E-state index is -1.18. The van der Waals surface area contributed by atoms with Gasteiger partial charge in [-0.15, -0.1) is 0 Å². The first-order valence-electron chi connectivity index (χ1n) is 8.67. The summed E-state index contributed by atoms with van der Waals surface area (Å²) in [7, 11) is 0. The number of hydrogen-bond donors (Lipinski definition) is 1. The summed E-state index contributed by atoms with van der Waals surface area (Å²) in [6, 6.07) is 11.7. The lowest BCUT2D eigenvalue weighted by Gasteiger charge is -2.46. The van der Waals surface area contributed by atoms with Crippen molar-refractivity contribution in [1.29, 1.82) is 0 Å². The van der Waals surface area contributed by atoms with E-state index < -0.39 is 23.4 Å². The fourth-order valence-electron chi connectivity index (χ4n) is 4.35. The molecule has 132 valence electrons. The predicted molar refractivity (Wildman–Crippen MR) is 94.8 cm³/mol. The van der Waals surface area contributed by atoms with Gasteiger partial charge in [0.15, 0.2) is 0 Å². The van der Waals surface area contributed by atoms with Crippen molar-refractivity contribution in [1.82, 2.24) is 0 Å². The molecule has 3 aliphatic rings. The van der Waals surface area contributed by atoms with Gasteiger partial charge in [-0.2, -0.15) is 0 Å². The van der Waals surface area contributed by atoms with Gasteiger partial charge in [0.2, 0.25) is 0 Å². The third-order valence-electron chi connectivity index (χ3n) is 5.45. The average molecular weight is 350 g/mol. The van der Waals surface area contributed by atoms with Gasteiger partial charge in [-0.1, -0.05) is 36.4 Å². The summed E-state index contributed by atoms with van der Waals surface area (Å²) in [5, 5.41) is 12.2. The van der Waals surface area contributed by atoms with E-state index in [1.54, 1.807) is 18.2 Å². The molecular weight excluding hydrogens is 332 g/mol. The number of fused-ring (bicyclic) bond motifs is 1. The van der Waals surface area contributed by atoms with Crippen molar-refractivity contribution in [3.8, 4) is 11.5 Å². The number of benzene rings is 2. The van der Waals surface area contributed by atoms with Crippen LogP contribution in [-0.4, -0.2) is 29.1 Å². The molecule has 2 aromatic carbocycles. The Morgan fingerprint density at radius 3 is 2.38 bits per heavy atom. The van der Waals surface area contributed by atoms with Crippen molar-refractivity contribution in [2.45, 2.75) is 31.3 Å². The summed E-state index contributed by atoms with van der Waals surface area (Å²) in [6.45, 7) is 1.38. The van der Waals surface area contributed by atoms with Crippen molar-refractivity contribution in [3.63, 3.8) is 0 Å². The van der Waals surface area contributed by atoms with E-state index in [-0.39, 0.29) is 5.97 Å². The van der Waals surface area contributed by atoms with Gasteiger partial charge in [0, 0.05) is 13.0 Å². The number of carbonyl (C=O) groups excluding carboxylic acids is 1. The monoisotopic (exact) mass is 350 g/mol. The molecule has 5 rings (SSSR count). The van der Waals surface area contributed by atoms with Gasteiger partial charge < -0.3 is 19.3 Å². The lowest BCUT2D eigenvalue weighted by atomic mass is 9.77. The molecule has 1 aliphatic heterocycles. The lowest BCUT2D eigenvalue weighted by molar-refractivity contribution is -0.185. The second kappa shape index (κ2) is 5.11. The first-order chi connectivity index (χ1) is 12.5. The quantitative estimate of drug-likeness (QED) is 0.632. The van der Waals surface area contributed by atoms with E-state index in [9.17, 15) is 9.90 Å². The minimum absolute atomic E-state index is 0.343. The molecule has 3 atom stereocenters. The molecule has 1 heterocycles. The topological polar surface area (TPSA) is 65.0 Å². The van der Waals surface area contributed by atoms with E-state index in [2.05, 4.69) is 0 Å². The zero-order chi connectivity index (χ0) is 17.9. The minimum Gasteiger partial charge on any atom is -0.457 e. The first kappa shape index (κ1) is 15.5. The highest BCUT2D eigenvalue weighted by Crippen LogP contribution is 2.57. The van der Waals surface area contributed by atoms with Crippen LogP contribution in [0.1, 0.15) is 13.3 Å². The van der Waals surface area contributed by atoms with Gasteiger partial charge in [0.1, 0.15) is 23.0 Å². The molecule has 1 N–H and O–H groups in total. The number of ether oxygens (including phenoxy) is 3. The third kappa shape index (κ3) is 1.92. The van der Waals surface area contributed by atoms with Crippen LogP contribution in [0.15, 0.2) is 60.7 Å². The van der Waals surface area contributed by atoms with Crippen LogP contribution in [-0.2, 0) is 9.53 Å². The van der Waals surface area contributed by atoms with E-state index in [1.165, 1.54) is 6.92 Å². The highest BCUT2D eigenvalue weighted by atomic mass is 16.7. The van der Waals surface area contributed by atoms with Crippen LogP contribution in [0.2, 0.25) is 0 Å². The molecule has 5 heteroatoms. The maximum atomic E-state index is 11.6. The molecule has 0 amide bonds. The smallest absolute Gasteiger partial charge is 0.303 e. The van der Waals surface area contributed by atoms with E-state index in [0.29, 0.717) is 17.9 Å². The lowest BCUT2D eigenvalue weighted by Crippen LogP contribution is -2.57. The van der Waals surface area contributed by atoms with Gasteiger partial charge in [0.05, 0.1) is 11.5 Å². The Morgan fingerprint density at radius 1 is 1.12 bits per heavy atom. The number of esters is 1. The predicted octanol–water partition coefficient (Wildman–Crippen LogP) is 3.12. The van der Waals surface area contributed by atoms with Crippen LogP contribution in [0.3, 0.4) is 0 Å². The number of rotatable bonds is 1. The third-order valence-corrected chi connectivity index (χ3v) is 5.45. The zero-order valence-electron chi connectivity index (χ0n) is 14.2. The van der Waals surface area contributed by atoms with Crippen molar-refractivity contribution in [3.05, 3.63) is 60.7 Å². The number of carbonyl (C=O) groups is 1. The summed E-state index contributed by atoms with van der Waals surface area (Å²) < 4.78 is 18.3. The second-order valence-electron chi connectivity index (χ2n) is 7.04. The standard InChI is InChI=1S/C21H18O5/c1-13(22)24-18-9-11-21(20(18)10-8-15(23)12-20)25-16-6-2-4-14-5-3-7-17(26-21)19(14)16/h2-11,15,18,23H,12H2,1H3/t15?,18-,20+/m1/s1. The van der Waals surface area contributed by atoms with Crippen LogP contribution >= 0.6 is 0 Å². The van der Waals surface area contributed by atoms with Crippen molar-refractivity contribution < 1.29 is 24.1 Å². The van der Waals surface area contributed by atoms with Crippen molar-refractivity contribution >= 4 is 16.7 Å². The molecule has 5 nitrogen and oxygen atoms in total. The van der Waals surface area contributed by atoms with Gasteiger partial charge in [-0.25, -0.2) is 0 Å². The molecular formula is C21H18O5. The highest BCUT2D eigenvalue weighted by molar-refractivity contribution is 5.94. The van der Waals surface area contributed by atoms with E-state index >= 15 is 0 Å². The second-order valence-corrected chi connectivity index (χ2v) is 7.04. The van der Waals surface area contributed by atoms with Crippen LogP contribution < -0.4 is 9.47 Å². The Bertz CT molecular complexity index is 935. The molecule has 1 unspecified atom stereocenters. The number of aliphatic hydroxyl groups excluding tert-OH is 1. The molecule has 2 aliphatic carbocycles. The van der Waals surface area contributed by atoms with E-state index in [1.807, 2.05) is 42.5 Å². The molecule has 2 spiro atoms. The van der Waals surface area contributed by atoms with Crippen LogP contribution in [0.25, 0.3) is 10.8 Å². The Morgan fingerprint density at radius 2 is 1.81 bits per heavy atom. The summed E-state index contributed by atoms with van der Waals surface area (Å²) in [4.78, 5) is 11.6. The SMILES string of the molecule is CC(=O)O[C@@H]1C=CC2(Oc3cccc4cccc(c34)O2)[C@]12C=CC(O)C2. The molecule has 0 fully saturated rings. The van der Waals surface area contributed by atoms with Crippen molar-refractivity contribution in [2.75, 3.05) is 0 Å². The van der Waals surface area contributed by atoms with Gasteiger partial charge in [0.25, 0.3) is 5.79 Å². The Balaban J connectivity index is 1.66. The molecule has 0 aromatic heterocycles. The fourth-order valence-corrected chi connectivity index (χ4v) is 4.35. The summed E-state index contributed by atoms with van der Waals surface area (Å²) >= 11 is 0. The summed E-state index contributed by atoms with van der Waals surface area (Å²) in [6.07, 6.45) is 6.28. The van der Waals surface area contributed by atoms with Gasteiger partial charge in [-0.05, 0) is 30.0 Å². The normalized spacial score (nSPS) is 29.9. The Labute approximate surface area is 150 Å². The van der Waals surface area contributed by atoms with Crippen LogP contribution in [0, 0.1) is 5.41 Å². The number of aliphatic hydroxyl groups is 1. The van der Waals surface area contributed by atoms with Gasteiger partial charge >= 0.3 is 5.97 Å². The molecule has 26 heavy (non-hydrogen) atoms. The Hall–Kier alpha value is -2.79. The molecule has 0 radical (unpaired) electrons. The highest BCUT2D eigenvalue weighted by Gasteiger charge is 2.65. The maximum absolute atomic E-state index is 11.6. The molecule has 0 bridgehead atoms. The first-order valence-corrected chi connectivity index (χ1v) is 8.67. The number of hydrogen-bond acceptors (Lipinski definition) is 5. The molecule has 0 saturated heterocycles. The van der Waals surface area contributed by atoms with Crippen LogP contribution in [0.5, 0.6) is 11.5 Å². The maximum Gasteiger partial charge on any atom is 0.303 e. The largest absolute Gasteiger partial charge is 0.457 e.